The van der Waals surface area contributed by atoms with Gasteiger partial charge < -0.3 is 4.42 Å². The van der Waals surface area contributed by atoms with Crippen LogP contribution in [0.1, 0.15) is 40.2 Å². The van der Waals surface area contributed by atoms with E-state index in [1.807, 2.05) is 67.1 Å². The van der Waals surface area contributed by atoms with Crippen LogP contribution in [0.15, 0.2) is 102 Å². The molecule has 0 unspecified atom stereocenters. The number of nitrogens with zero attached hydrogens (tertiary/aromatic N) is 1. The van der Waals surface area contributed by atoms with Crippen LogP contribution in [0.2, 0.25) is 0 Å². The second kappa shape index (κ2) is 8.95. The molecule has 4 aromatic carbocycles. The molecule has 0 aliphatic heterocycles. The van der Waals surface area contributed by atoms with Crippen molar-refractivity contribution in [2.24, 2.45) is 7.05 Å². The molecule has 3 heteroatoms. The van der Waals surface area contributed by atoms with Gasteiger partial charge in [0, 0.05) is 31.9 Å². The highest BCUT2D eigenvalue weighted by Gasteiger charge is 2.25. The van der Waals surface area contributed by atoms with Gasteiger partial charge in [0.15, 0.2) is 6.20 Å². The van der Waals surface area contributed by atoms with Crippen molar-refractivity contribution >= 4 is 21.9 Å². The second-order valence-corrected chi connectivity index (χ2v) is 10.5. The third-order valence-corrected chi connectivity index (χ3v) is 7.75. The Hall–Kier alpha value is -4.24. The van der Waals surface area contributed by atoms with Crippen molar-refractivity contribution in [1.29, 1.82) is 0 Å². The maximum absolute atomic E-state index is 15.5. The Morgan fingerprint density at radius 2 is 1.42 bits per heavy atom. The van der Waals surface area contributed by atoms with Crippen LogP contribution in [0, 0.1) is 19.6 Å². The number of aryl methyl sites for hydroxylation is 3. The molecule has 0 bridgehead atoms. The smallest absolute Gasteiger partial charge is 0.216 e. The number of furan rings is 1. The highest BCUT2D eigenvalue weighted by Crippen LogP contribution is 2.42. The van der Waals surface area contributed by atoms with Gasteiger partial charge in [0.1, 0.15) is 24.0 Å². The van der Waals surface area contributed by atoms with E-state index in [4.69, 9.17) is 8.53 Å². The Morgan fingerprint density at radius 1 is 0.763 bits per heavy atom. The summed E-state index contributed by atoms with van der Waals surface area (Å²) in [7, 11) is 1.83. The summed E-state index contributed by atoms with van der Waals surface area (Å²) >= 11 is 0. The van der Waals surface area contributed by atoms with E-state index in [0.717, 1.165) is 38.7 Å². The summed E-state index contributed by atoms with van der Waals surface area (Å²) in [6.07, 6.45) is 1.63. The summed E-state index contributed by atoms with van der Waals surface area (Å²) in [5.74, 6) is -0.350. The number of rotatable bonds is 4. The Bertz CT molecular complexity index is 1920. The van der Waals surface area contributed by atoms with Crippen LogP contribution in [0.3, 0.4) is 0 Å². The van der Waals surface area contributed by atoms with Crippen LogP contribution in [0.5, 0.6) is 0 Å². The average Bonchev–Trinajstić information content (AvgIpc) is 3.31. The molecule has 6 aromatic rings. The Labute approximate surface area is 227 Å². The molecule has 0 atom stereocenters. The van der Waals surface area contributed by atoms with Gasteiger partial charge in [-0.3, -0.25) is 0 Å². The molecule has 0 spiro atoms. The molecule has 2 nitrogen and oxygen atoms in total. The molecule has 2 aromatic heterocycles. The maximum atomic E-state index is 15.5. The van der Waals surface area contributed by atoms with Gasteiger partial charge in [-0.15, -0.1) is 0 Å². The molecule has 38 heavy (non-hydrogen) atoms. The third-order valence-electron chi connectivity index (χ3n) is 7.75. The minimum absolute atomic E-state index is 0.208. The molecule has 0 saturated heterocycles. The highest BCUT2D eigenvalue weighted by atomic mass is 19.1. The predicted molar refractivity (Wildman–Crippen MR) is 154 cm³/mol. The van der Waals surface area contributed by atoms with Crippen LogP contribution in [0.4, 0.5) is 4.39 Å². The zero-order chi connectivity index (χ0) is 29.1. The SMILES string of the molecule is [2H]C([2H])([2H])c1ccc(-c2c(C)ccc3c2oc2c(-c4ccc(C(C)(C)c5ccccc5)cc4)c(F)ccc23)[n+](C)c1. The van der Waals surface area contributed by atoms with Crippen LogP contribution in [-0.2, 0) is 12.5 Å². The molecule has 0 saturated carbocycles. The van der Waals surface area contributed by atoms with E-state index >= 15 is 4.39 Å². The quantitative estimate of drug-likeness (QED) is 0.220. The van der Waals surface area contributed by atoms with Gasteiger partial charge in [0.05, 0.1) is 11.1 Å². The topological polar surface area (TPSA) is 17.0 Å². The van der Waals surface area contributed by atoms with Crippen molar-refractivity contribution in [2.45, 2.75) is 33.0 Å². The van der Waals surface area contributed by atoms with E-state index in [2.05, 4.69) is 38.1 Å². The first-order valence-corrected chi connectivity index (χ1v) is 12.8. The predicted octanol–water partition coefficient (Wildman–Crippen LogP) is 8.83. The van der Waals surface area contributed by atoms with E-state index < -0.39 is 6.85 Å². The summed E-state index contributed by atoms with van der Waals surface area (Å²) in [5, 5.41) is 1.71. The number of halogens is 1. The lowest BCUT2D eigenvalue weighted by Crippen LogP contribution is -2.31. The minimum Gasteiger partial charge on any atom is -0.454 e. The first-order valence-electron chi connectivity index (χ1n) is 14.3. The zero-order valence-electron chi connectivity index (χ0n) is 25.0. The number of pyridine rings is 1. The van der Waals surface area contributed by atoms with Crippen molar-refractivity contribution < 1.29 is 17.5 Å². The standard InChI is InChI=1S/C35H31FNO/c1-22-11-20-30(37(5)21-22)31-23(2)12-17-27-28-18-19-29(36)32(34(28)38-33(27)31)24-13-15-26(16-14-24)35(3,4)25-9-7-6-8-10-25/h6-21H,1-5H3/q+1/i1D3. The summed E-state index contributed by atoms with van der Waals surface area (Å²) in [4.78, 5) is 0. The van der Waals surface area contributed by atoms with E-state index in [-0.39, 0.29) is 16.8 Å². The van der Waals surface area contributed by atoms with Gasteiger partial charge in [-0.25, -0.2) is 8.96 Å². The second-order valence-electron chi connectivity index (χ2n) is 10.5. The first-order chi connectivity index (χ1) is 19.5. The molecular formula is C35H31FNO+. The lowest BCUT2D eigenvalue weighted by atomic mass is 9.78. The van der Waals surface area contributed by atoms with Crippen LogP contribution in [-0.4, -0.2) is 0 Å². The van der Waals surface area contributed by atoms with E-state index in [1.54, 1.807) is 18.3 Å². The fourth-order valence-corrected chi connectivity index (χ4v) is 5.51. The molecule has 0 aliphatic rings. The van der Waals surface area contributed by atoms with Crippen molar-refractivity contribution in [3.8, 4) is 22.4 Å². The van der Waals surface area contributed by atoms with Crippen LogP contribution >= 0.6 is 0 Å². The Morgan fingerprint density at radius 3 is 2.11 bits per heavy atom. The average molecular weight is 504 g/mol. The number of fused-ring (bicyclic) bond motifs is 3. The van der Waals surface area contributed by atoms with Gasteiger partial charge in [-0.05, 0) is 54.2 Å². The largest absolute Gasteiger partial charge is 0.454 e. The molecule has 6 rings (SSSR count). The van der Waals surface area contributed by atoms with Gasteiger partial charge >= 0.3 is 0 Å². The molecule has 0 amide bonds. The summed E-state index contributed by atoms with van der Waals surface area (Å²) in [5.41, 5.74) is 7.34. The highest BCUT2D eigenvalue weighted by molar-refractivity contribution is 6.13. The van der Waals surface area contributed by atoms with Gasteiger partial charge in [-0.1, -0.05) is 80.6 Å². The normalized spacial score (nSPS) is 13.4. The zero-order valence-corrected chi connectivity index (χ0v) is 22.0. The molecule has 0 radical (unpaired) electrons. The van der Waals surface area contributed by atoms with Crippen molar-refractivity contribution in [2.75, 3.05) is 0 Å². The van der Waals surface area contributed by atoms with Gasteiger partial charge in [0.2, 0.25) is 5.69 Å². The van der Waals surface area contributed by atoms with Gasteiger partial charge in [-0.2, -0.15) is 0 Å². The maximum Gasteiger partial charge on any atom is 0.216 e. The van der Waals surface area contributed by atoms with Crippen molar-refractivity contribution in [3.63, 3.8) is 0 Å². The number of hydrogen-bond acceptors (Lipinski definition) is 1. The first kappa shape index (κ1) is 20.8. The van der Waals surface area contributed by atoms with Crippen molar-refractivity contribution in [1.82, 2.24) is 0 Å². The van der Waals surface area contributed by atoms with Crippen LogP contribution < -0.4 is 4.57 Å². The molecule has 0 N–H and O–H groups in total. The van der Waals surface area contributed by atoms with Gasteiger partial charge in [0.25, 0.3) is 0 Å². The number of hydrogen-bond donors (Lipinski definition) is 0. The summed E-state index contributed by atoms with van der Waals surface area (Å²) in [6.45, 7) is 4.17. The number of benzene rings is 4. The van der Waals surface area contributed by atoms with E-state index in [9.17, 15) is 0 Å². The monoisotopic (exact) mass is 503 g/mol. The van der Waals surface area contributed by atoms with E-state index in [0.29, 0.717) is 16.7 Å². The lowest BCUT2D eigenvalue weighted by molar-refractivity contribution is -0.660. The molecule has 2 heterocycles. The summed E-state index contributed by atoms with van der Waals surface area (Å²) < 4.78 is 47.2. The third kappa shape index (κ3) is 3.81. The minimum atomic E-state index is -2.20. The fraction of sp³-hybridized carbons (Fsp3) is 0.171. The lowest BCUT2D eigenvalue weighted by Gasteiger charge is -2.26. The molecule has 0 aliphatic carbocycles. The molecule has 0 fully saturated rings. The molecular weight excluding hydrogens is 469 g/mol. The Kier molecular flexibility index (Phi) is 4.89. The number of aromatic nitrogens is 1. The summed E-state index contributed by atoms with van der Waals surface area (Å²) in [6, 6.07) is 29.1. The fourth-order valence-electron chi connectivity index (χ4n) is 5.51. The van der Waals surface area contributed by atoms with Crippen molar-refractivity contribution in [3.05, 3.63) is 125 Å². The van der Waals surface area contributed by atoms with Crippen LogP contribution in [0.25, 0.3) is 44.3 Å². The Balaban J connectivity index is 1.51. The van der Waals surface area contributed by atoms with E-state index in [1.165, 1.54) is 11.6 Å². The molecule has 188 valence electrons.